The van der Waals surface area contributed by atoms with Crippen LogP contribution in [0.15, 0.2) is 30.5 Å². The van der Waals surface area contributed by atoms with Gasteiger partial charge in [0.15, 0.2) is 6.61 Å². The van der Waals surface area contributed by atoms with E-state index in [1.807, 2.05) is 30.5 Å². The Kier molecular flexibility index (Phi) is 6.13. The van der Waals surface area contributed by atoms with Gasteiger partial charge in [0.2, 0.25) is 6.20 Å². The number of halogens is 2. The van der Waals surface area contributed by atoms with E-state index in [0.717, 1.165) is 17.3 Å². The van der Waals surface area contributed by atoms with Gasteiger partial charge in [0, 0.05) is 21.9 Å². The first-order valence-electron chi connectivity index (χ1n) is 7.58. The fraction of sp³-hybridized carbons (Fsp3) is 0.471. The lowest BCUT2D eigenvalue weighted by Gasteiger charge is -2.12. The van der Waals surface area contributed by atoms with Crippen LogP contribution in [0, 0.1) is 5.92 Å². The van der Waals surface area contributed by atoms with Crippen molar-refractivity contribution in [1.82, 2.24) is 0 Å². The van der Waals surface area contributed by atoms with Gasteiger partial charge in [-0.1, -0.05) is 49.9 Å². The third-order valence-corrected chi connectivity index (χ3v) is 4.37. The van der Waals surface area contributed by atoms with Gasteiger partial charge in [-0.2, -0.15) is 0 Å². The van der Waals surface area contributed by atoms with E-state index < -0.39 is 0 Å². The monoisotopic (exact) mass is 326 g/mol. The number of fused-ring (bicyclic) bond motifs is 1. The predicted molar refractivity (Wildman–Crippen MR) is 88.9 cm³/mol. The van der Waals surface area contributed by atoms with E-state index in [4.69, 9.17) is 28.0 Å². The highest BCUT2D eigenvalue weighted by atomic mass is 35.5. The second-order valence-corrected chi connectivity index (χ2v) is 6.21. The van der Waals surface area contributed by atoms with Gasteiger partial charge in [-0.15, -0.1) is 0 Å². The summed E-state index contributed by atoms with van der Waals surface area (Å²) >= 11 is 12.3. The number of aromatic nitrogens is 1. The van der Waals surface area contributed by atoms with Gasteiger partial charge >= 0.3 is 0 Å². The maximum atomic E-state index is 6.23. The smallest absolute Gasteiger partial charge is 0.267 e. The molecule has 0 fully saturated rings. The quantitative estimate of drug-likeness (QED) is 0.647. The molecule has 2 rings (SSSR count). The van der Waals surface area contributed by atoms with Crippen LogP contribution >= 0.6 is 23.2 Å². The van der Waals surface area contributed by atoms with E-state index in [2.05, 4.69) is 13.8 Å². The Morgan fingerprint density at radius 2 is 2.00 bits per heavy atom. The SMILES string of the molecule is CCCCC(CC)CO[n+]1ccc(Cl)c2ccc(Cl)cc21. The van der Waals surface area contributed by atoms with Crippen LogP contribution in [0.5, 0.6) is 0 Å². The summed E-state index contributed by atoms with van der Waals surface area (Å²) in [4.78, 5) is 5.98. The number of nitrogens with zero attached hydrogens (tertiary/aromatic N) is 1. The van der Waals surface area contributed by atoms with E-state index in [1.165, 1.54) is 19.3 Å². The summed E-state index contributed by atoms with van der Waals surface area (Å²) in [6.45, 7) is 5.15. The summed E-state index contributed by atoms with van der Waals surface area (Å²) in [5.41, 5.74) is 0.903. The zero-order valence-corrected chi connectivity index (χ0v) is 14.1. The number of benzene rings is 1. The van der Waals surface area contributed by atoms with Crippen LogP contribution in [0.3, 0.4) is 0 Å². The van der Waals surface area contributed by atoms with Crippen molar-refractivity contribution in [3.8, 4) is 0 Å². The molecule has 0 bridgehead atoms. The van der Waals surface area contributed by atoms with E-state index in [-0.39, 0.29) is 0 Å². The lowest BCUT2D eigenvalue weighted by molar-refractivity contribution is -0.872. The molecule has 1 unspecified atom stereocenters. The molecule has 2 nitrogen and oxygen atoms in total. The highest BCUT2D eigenvalue weighted by Crippen LogP contribution is 2.23. The average Bonchev–Trinajstić information content (AvgIpc) is 2.49. The molecule has 0 saturated heterocycles. The van der Waals surface area contributed by atoms with Crippen molar-refractivity contribution < 1.29 is 9.57 Å². The molecule has 2 aromatic rings. The molecule has 1 aromatic carbocycles. The predicted octanol–water partition coefficient (Wildman–Crippen LogP) is 5.08. The van der Waals surface area contributed by atoms with Gasteiger partial charge in [-0.25, -0.2) is 0 Å². The van der Waals surface area contributed by atoms with Crippen LogP contribution in [-0.4, -0.2) is 6.61 Å². The Hall–Kier alpha value is -0.990. The highest BCUT2D eigenvalue weighted by Gasteiger charge is 2.16. The standard InChI is InChI=1S/C17H22Cl2NO/c1-3-5-6-13(4-2)12-21-20-10-9-16(19)15-8-7-14(18)11-17(15)20/h7-11,13H,3-6,12H2,1-2H3/q+1. The Balaban J connectivity index is 2.18. The van der Waals surface area contributed by atoms with Gasteiger partial charge in [0.05, 0.1) is 10.4 Å². The number of rotatable bonds is 7. The Morgan fingerprint density at radius 3 is 2.71 bits per heavy atom. The summed E-state index contributed by atoms with van der Waals surface area (Å²) in [5, 5.41) is 2.34. The maximum absolute atomic E-state index is 6.23. The second-order valence-electron chi connectivity index (χ2n) is 5.36. The van der Waals surface area contributed by atoms with Crippen molar-refractivity contribution in [2.75, 3.05) is 6.61 Å². The van der Waals surface area contributed by atoms with Gasteiger partial charge in [0.1, 0.15) is 0 Å². The first kappa shape index (κ1) is 16.4. The minimum absolute atomic E-state index is 0.586. The summed E-state index contributed by atoms with van der Waals surface area (Å²) in [7, 11) is 0. The minimum Gasteiger partial charge on any atom is -0.271 e. The molecule has 0 aliphatic heterocycles. The molecule has 4 heteroatoms. The van der Waals surface area contributed by atoms with Crippen molar-refractivity contribution >= 4 is 34.1 Å². The average molecular weight is 327 g/mol. The Bertz CT molecular complexity index is 601. The Morgan fingerprint density at radius 1 is 1.19 bits per heavy atom. The zero-order valence-electron chi connectivity index (χ0n) is 12.6. The first-order chi connectivity index (χ1) is 10.2. The molecule has 0 aliphatic carbocycles. The molecule has 0 amide bonds. The van der Waals surface area contributed by atoms with E-state index in [1.54, 1.807) is 4.73 Å². The van der Waals surface area contributed by atoms with E-state index in [0.29, 0.717) is 22.6 Å². The number of pyridine rings is 1. The first-order valence-corrected chi connectivity index (χ1v) is 8.34. The van der Waals surface area contributed by atoms with Crippen molar-refractivity contribution in [3.63, 3.8) is 0 Å². The molecule has 0 N–H and O–H groups in total. The van der Waals surface area contributed by atoms with Gasteiger partial charge in [-0.3, -0.25) is 4.84 Å². The fourth-order valence-electron chi connectivity index (χ4n) is 2.39. The van der Waals surface area contributed by atoms with E-state index in [9.17, 15) is 0 Å². The molecule has 0 saturated carbocycles. The molecule has 1 atom stereocenters. The highest BCUT2D eigenvalue weighted by molar-refractivity contribution is 6.35. The largest absolute Gasteiger partial charge is 0.271 e. The van der Waals surface area contributed by atoms with Crippen LogP contribution in [0.1, 0.15) is 39.5 Å². The molecule has 114 valence electrons. The summed E-state index contributed by atoms with van der Waals surface area (Å²) in [6.07, 6.45) is 6.67. The van der Waals surface area contributed by atoms with Crippen LogP contribution < -0.4 is 9.57 Å². The summed E-state index contributed by atoms with van der Waals surface area (Å²) < 4.78 is 1.78. The normalized spacial score (nSPS) is 12.6. The van der Waals surface area contributed by atoms with E-state index >= 15 is 0 Å². The lowest BCUT2D eigenvalue weighted by atomic mass is 10.0. The number of unbranched alkanes of at least 4 members (excludes halogenated alkanes) is 1. The topological polar surface area (TPSA) is 13.1 Å². The molecular formula is C17H22Cl2NO+. The third-order valence-electron chi connectivity index (χ3n) is 3.80. The molecule has 0 aliphatic rings. The molecular weight excluding hydrogens is 305 g/mol. The molecule has 0 radical (unpaired) electrons. The van der Waals surface area contributed by atoms with Gasteiger partial charge in [0.25, 0.3) is 5.52 Å². The lowest BCUT2D eigenvalue weighted by Crippen LogP contribution is -2.45. The van der Waals surface area contributed by atoms with Crippen LogP contribution in [-0.2, 0) is 0 Å². The van der Waals surface area contributed by atoms with Crippen molar-refractivity contribution in [2.24, 2.45) is 5.92 Å². The van der Waals surface area contributed by atoms with Crippen LogP contribution in [0.2, 0.25) is 10.0 Å². The molecule has 21 heavy (non-hydrogen) atoms. The van der Waals surface area contributed by atoms with Gasteiger partial charge in [-0.05, 0) is 30.9 Å². The molecule has 1 aromatic heterocycles. The molecule has 1 heterocycles. The second kappa shape index (κ2) is 7.86. The fourth-order valence-corrected chi connectivity index (χ4v) is 2.77. The summed E-state index contributed by atoms with van der Waals surface area (Å²) in [5.74, 6) is 0.586. The van der Waals surface area contributed by atoms with Crippen molar-refractivity contribution in [1.29, 1.82) is 0 Å². The van der Waals surface area contributed by atoms with Gasteiger partial charge < -0.3 is 0 Å². The zero-order chi connectivity index (χ0) is 15.2. The van der Waals surface area contributed by atoms with Crippen LogP contribution in [0.4, 0.5) is 0 Å². The minimum atomic E-state index is 0.586. The third kappa shape index (κ3) is 4.24. The maximum Gasteiger partial charge on any atom is 0.267 e. The number of hydrogen-bond acceptors (Lipinski definition) is 1. The van der Waals surface area contributed by atoms with Crippen LogP contribution in [0.25, 0.3) is 10.9 Å². The number of hydrogen-bond donors (Lipinski definition) is 0. The summed E-state index contributed by atoms with van der Waals surface area (Å²) in [6, 6.07) is 7.50. The van der Waals surface area contributed by atoms with Crippen molar-refractivity contribution in [3.05, 3.63) is 40.5 Å². The van der Waals surface area contributed by atoms with Crippen molar-refractivity contribution in [2.45, 2.75) is 39.5 Å². The molecule has 0 spiro atoms. The Labute approximate surface area is 136 Å².